The second-order valence-corrected chi connectivity index (χ2v) is 7.38. The maximum atomic E-state index is 12.1. The summed E-state index contributed by atoms with van der Waals surface area (Å²) in [5.41, 5.74) is 0. The zero-order valence-electron chi connectivity index (χ0n) is 17.3. The molecule has 0 unspecified atom stereocenters. The monoisotopic (exact) mass is 506 g/mol. The van der Waals surface area contributed by atoms with Crippen LogP contribution in [0.25, 0.3) is 0 Å². The van der Waals surface area contributed by atoms with E-state index in [1.807, 2.05) is 17.0 Å². The minimum atomic E-state index is 0. The van der Waals surface area contributed by atoms with Crippen molar-refractivity contribution in [3.05, 3.63) is 24.2 Å². The summed E-state index contributed by atoms with van der Waals surface area (Å²) in [6, 6.07) is 4.22. The first-order valence-corrected chi connectivity index (χ1v) is 9.92. The van der Waals surface area contributed by atoms with Crippen LogP contribution in [-0.4, -0.2) is 62.7 Å². The molecule has 1 aromatic heterocycles. The molecule has 7 nitrogen and oxygen atoms in total. The lowest BCUT2D eigenvalue weighted by Gasteiger charge is -2.33. The van der Waals surface area contributed by atoms with Crippen molar-refractivity contribution in [3.8, 4) is 0 Å². The highest BCUT2D eigenvalue weighted by atomic mass is 127. The quantitative estimate of drug-likeness (QED) is 0.306. The molecule has 1 aromatic rings. The Morgan fingerprint density at radius 3 is 2.75 bits per heavy atom. The molecule has 0 aromatic carbocycles. The van der Waals surface area contributed by atoms with Crippen LogP contribution in [0.3, 0.4) is 0 Å². The highest BCUT2D eigenvalue weighted by molar-refractivity contribution is 14.0. The molecule has 0 aliphatic carbocycles. The number of piperidine rings is 1. The van der Waals surface area contributed by atoms with Crippen LogP contribution in [0.4, 0.5) is 0 Å². The summed E-state index contributed by atoms with van der Waals surface area (Å²) in [6.45, 7) is 7.93. The Kier molecular flexibility index (Phi) is 12.2. The van der Waals surface area contributed by atoms with Crippen molar-refractivity contribution in [2.45, 2.75) is 45.6 Å². The molecule has 0 spiro atoms. The standard InChI is InChI=1S/C20H34N4O3.HI/c1-16(2)15-22-20(21-10-6-18-5-4-13-27-18)23-17-7-11-24(12-8-17)19(25)9-14-26-3;/h4-5,13,16-17H,6-12,14-15H2,1-3H3,(H2,21,22,23);1H. The Balaban J connectivity index is 0.00000392. The number of carbonyl (C=O) groups excluding carboxylic acids is 1. The van der Waals surface area contributed by atoms with Gasteiger partial charge in [-0.15, -0.1) is 24.0 Å². The third-order valence-electron chi connectivity index (χ3n) is 4.57. The SMILES string of the molecule is COCCC(=O)N1CCC(NC(=NCC(C)C)NCCc2ccco2)CC1.I. The normalized spacial score (nSPS) is 15.4. The summed E-state index contributed by atoms with van der Waals surface area (Å²) in [5.74, 6) is 2.50. The zero-order valence-corrected chi connectivity index (χ0v) is 19.6. The van der Waals surface area contributed by atoms with Gasteiger partial charge in [-0.2, -0.15) is 0 Å². The van der Waals surface area contributed by atoms with E-state index in [4.69, 9.17) is 14.1 Å². The molecule has 28 heavy (non-hydrogen) atoms. The molecule has 1 aliphatic heterocycles. The largest absolute Gasteiger partial charge is 0.469 e. The van der Waals surface area contributed by atoms with Gasteiger partial charge >= 0.3 is 0 Å². The number of halogens is 1. The fourth-order valence-electron chi connectivity index (χ4n) is 3.00. The predicted octanol–water partition coefficient (Wildman–Crippen LogP) is 2.66. The Bertz CT molecular complexity index is 570. The van der Waals surface area contributed by atoms with Crippen molar-refractivity contribution in [1.82, 2.24) is 15.5 Å². The molecule has 0 bridgehead atoms. The van der Waals surface area contributed by atoms with E-state index in [1.54, 1.807) is 13.4 Å². The molecule has 1 saturated heterocycles. The van der Waals surface area contributed by atoms with E-state index < -0.39 is 0 Å². The van der Waals surface area contributed by atoms with Gasteiger partial charge < -0.3 is 24.7 Å². The molecule has 1 aliphatic rings. The maximum Gasteiger partial charge on any atom is 0.224 e. The van der Waals surface area contributed by atoms with Crippen LogP contribution >= 0.6 is 24.0 Å². The van der Waals surface area contributed by atoms with Gasteiger partial charge in [0, 0.05) is 45.8 Å². The van der Waals surface area contributed by atoms with Gasteiger partial charge in [-0.05, 0) is 30.9 Å². The van der Waals surface area contributed by atoms with Crippen LogP contribution in [0.2, 0.25) is 0 Å². The summed E-state index contributed by atoms with van der Waals surface area (Å²) < 4.78 is 10.4. The van der Waals surface area contributed by atoms with E-state index in [2.05, 4.69) is 24.5 Å². The molecule has 1 fully saturated rings. The smallest absolute Gasteiger partial charge is 0.224 e. The van der Waals surface area contributed by atoms with E-state index in [0.29, 0.717) is 25.0 Å². The summed E-state index contributed by atoms with van der Waals surface area (Å²) in [4.78, 5) is 18.7. The first-order chi connectivity index (χ1) is 13.1. The van der Waals surface area contributed by atoms with E-state index in [-0.39, 0.29) is 29.9 Å². The van der Waals surface area contributed by atoms with Crippen molar-refractivity contribution in [3.63, 3.8) is 0 Å². The number of ether oxygens (including phenoxy) is 1. The van der Waals surface area contributed by atoms with Crippen molar-refractivity contribution in [2.24, 2.45) is 10.9 Å². The average Bonchev–Trinajstić information content (AvgIpc) is 3.18. The zero-order chi connectivity index (χ0) is 19.5. The summed E-state index contributed by atoms with van der Waals surface area (Å²) in [6.07, 6.45) is 4.84. The molecule has 2 rings (SSSR count). The van der Waals surface area contributed by atoms with Gasteiger partial charge in [0.15, 0.2) is 5.96 Å². The van der Waals surface area contributed by atoms with Crippen molar-refractivity contribution >= 4 is 35.8 Å². The lowest BCUT2D eigenvalue weighted by molar-refractivity contribution is -0.133. The molecular formula is C20H35IN4O3. The molecule has 1 amide bonds. The molecule has 2 heterocycles. The first-order valence-electron chi connectivity index (χ1n) is 9.92. The topological polar surface area (TPSA) is 79.1 Å². The lowest BCUT2D eigenvalue weighted by atomic mass is 10.0. The number of carbonyl (C=O) groups is 1. The highest BCUT2D eigenvalue weighted by Crippen LogP contribution is 2.11. The van der Waals surface area contributed by atoms with Gasteiger partial charge in [-0.25, -0.2) is 0 Å². The first kappa shape index (κ1) is 24.7. The van der Waals surface area contributed by atoms with Crippen LogP contribution in [0.15, 0.2) is 27.8 Å². The minimum Gasteiger partial charge on any atom is -0.469 e. The molecule has 160 valence electrons. The number of aliphatic imine (C=N–C) groups is 1. The van der Waals surface area contributed by atoms with E-state index in [0.717, 1.165) is 57.2 Å². The third kappa shape index (κ3) is 9.27. The van der Waals surface area contributed by atoms with Gasteiger partial charge in [-0.3, -0.25) is 9.79 Å². The molecule has 0 radical (unpaired) electrons. The number of nitrogens with zero attached hydrogens (tertiary/aromatic N) is 2. The average molecular weight is 506 g/mol. The minimum absolute atomic E-state index is 0. The number of amides is 1. The van der Waals surface area contributed by atoms with Gasteiger partial charge in [0.05, 0.1) is 19.3 Å². The van der Waals surface area contributed by atoms with Crippen LogP contribution in [-0.2, 0) is 16.0 Å². The third-order valence-corrected chi connectivity index (χ3v) is 4.57. The highest BCUT2D eigenvalue weighted by Gasteiger charge is 2.23. The molecule has 0 atom stereocenters. The lowest BCUT2D eigenvalue weighted by Crippen LogP contribution is -2.50. The Labute approximate surface area is 185 Å². The number of nitrogens with one attached hydrogen (secondary N) is 2. The van der Waals surface area contributed by atoms with Crippen LogP contribution in [0.1, 0.15) is 38.9 Å². The number of guanidine groups is 1. The number of hydrogen-bond acceptors (Lipinski definition) is 4. The van der Waals surface area contributed by atoms with E-state index in [9.17, 15) is 4.79 Å². The fourth-order valence-corrected chi connectivity index (χ4v) is 3.00. The van der Waals surface area contributed by atoms with Crippen molar-refractivity contribution < 1.29 is 13.9 Å². The second kappa shape index (κ2) is 13.8. The summed E-state index contributed by atoms with van der Waals surface area (Å²) >= 11 is 0. The Morgan fingerprint density at radius 2 is 2.14 bits per heavy atom. The molecule has 0 saturated carbocycles. The van der Waals surface area contributed by atoms with E-state index in [1.165, 1.54) is 0 Å². The summed E-state index contributed by atoms with van der Waals surface area (Å²) in [7, 11) is 1.63. The van der Waals surface area contributed by atoms with Gasteiger partial charge in [-0.1, -0.05) is 13.8 Å². The second-order valence-electron chi connectivity index (χ2n) is 7.38. The van der Waals surface area contributed by atoms with Crippen molar-refractivity contribution in [2.75, 3.05) is 39.9 Å². The predicted molar refractivity (Wildman–Crippen MR) is 122 cm³/mol. The Hall–Kier alpha value is -1.29. The van der Waals surface area contributed by atoms with Gasteiger partial charge in [0.1, 0.15) is 5.76 Å². The van der Waals surface area contributed by atoms with E-state index >= 15 is 0 Å². The van der Waals surface area contributed by atoms with Crippen LogP contribution in [0.5, 0.6) is 0 Å². The number of rotatable bonds is 9. The van der Waals surface area contributed by atoms with Crippen molar-refractivity contribution in [1.29, 1.82) is 0 Å². The maximum absolute atomic E-state index is 12.1. The fraction of sp³-hybridized carbons (Fsp3) is 0.700. The van der Waals surface area contributed by atoms with Crippen LogP contribution < -0.4 is 10.6 Å². The van der Waals surface area contributed by atoms with Crippen LogP contribution in [0, 0.1) is 5.92 Å². The molecule has 2 N–H and O–H groups in total. The number of hydrogen-bond donors (Lipinski definition) is 2. The molecule has 8 heteroatoms. The Morgan fingerprint density at radius 1 is 1.39 bits per heavy atom. The number of likely N-dealkylation sites (tertiary alicyclic amines) is 1. The number of methoxy groups -OCH3 is 1. The van der Waals surface area contributed by atoms with Gasteiger partial charge in [0.25, 0.3) is 0 Å². The number of furan rings is 1. The summed E-state index contributed by atoms with van der Waals surface area (Å²) in [5, 5.41) is 6.94. The molecular weight excluding hydrogens is 471 g/mol. The van der Waals surface area contributed by atoms with Gasteiger partial charge in [0.2, 0.25) is 5.91 Å².